The summed E-state index contributed by atoms with van der Waals surface area (Å²) in [6.45, 7) is 5.79. The van der Waals surface area contributed by atoms with E-state index in [1.165, 1.54) is 6.92 Å². The predicted octanol–water partition coefficient (Wildman–Crippen LogP) is 3.25. The minimum Gasteiger partial charge on any atom is -0.346 e. The van der Waals surface area contributed by atoms with Gasteiger partial charge in [0, 0.05) is 31.4 Å². The molecule has 0 radical (unpaired) electrons. The monoisotopic (exact) mass is 418 g/mol. The zero-order chi connectivity index (χ0) is 22.2. The number of nitrogens with zero attached hydrogens (tertiary/aromatic N) is 4. The number of pyridine rings is 2. The first-order chi connectivity index (χ1) is 14.7. The zero-order valence-corrected chi connectivity index (χ0v) is 18.0. The summed E-state index contributed by atoms with van der Waals surface area (Å²) in [7, 11) is 0. The Labute approximate surface area is 181 Å². The third-order valence-electron chi connectivity index (χ3n) is 6.02. The first kappa shape index (κ1) is 20.8. The smallest absolute Gasteiger partial charge is 0.247 e. The van der Waals surface area contributed by atoms with Gasteiger partial charge in [0.15, 0.2) is 0 Å². The summed E-state index contributed by atoms with van der Waals surface area (Å²) in [5.41, 5.74) is -0.0662. The number of carbonyl (C=O) groups excluding carboxylic acids is 2. The van der Waals surface area contributed by atoms with Gasteiger partial charge in [0.2, 0.25) is 11.8 Å². The van der Waals surface area contributed by atoms with E-state index in [4.69, 9.17) is 0 Å². The van der Waals surface area contributed by atoms with E-state index in [2.05, 4.69) is 26.7 Å². The molecule has 0 aromatic carbocycles. The Morgan fingerprint density at radius 2 is 2.06 bits per heavy atom. The number of anilines is 3. The van der Waals surface area contributed by atoms with Crippen LogP contribution in [0.15, 0.2) is 36.5 Å². The van der Waals surface area contributed by atoms with E-state index >= 15 is 0 Å². The van der Waals surface area contributed by atoms with Crippen molar-refractivity contribution in [3.8, 4) is 6.07 Å². The van der Waals surface area contributed by atoms with Crippen LogP contribution in [-0.2, 0) is 15.1 Å². The van der Waals surface area contributed by atoms with Crippen LogP contribution in [0.1, 0.15) is 45.7 Å². The van der Waals surface area contributed by atoms with E-state index in [0.29, 0.717) is 30.3 Å². The molecule has 1 aliphatic heterocycles. The molecule has 1 saturated carbocycles. The van der Waals surface area contributed by atoms with Crippen LogP contribution in [0.2, 0.25) is 0 Å². The van der Waals surface area contributed by atoms with Crippen LogP contribution in [0.25, 0.3) is 0 Å². The lowest BCUT2D eigenvalue weighted by atomic mass is 9.83. The number of rotatable bonds is 6. The van der Waals surface area contributed by atoms with Gasteiger partial charge < -0.3 is 15.5 Å². The molecule has 0 bridgehead atoms. The van der Waals surface area contributed by atoms with Crippen LogP contribution in [0.5, 0.6) is 0 Å². The summed E-state index contributed by atoms with van der Waals surface area (Å²) in [6, 6.07) is 11.4. The molecule has 2 aromatic rings. The van der Waals surface area contributed by atoms with Crippen molar-refractivity contribution >= 4 is 29.1 Å². The van der Waals surface area contributed by atoms with Gasteiger partial charge in [-0.1, -0.05) is 6.07 Å². The molecular formula is C23H26N6O2. The fourth-order valence-corrected chi connectivity index (χ4v) is 4.28. The molecular weight excluding hydrogens is 392 g/mol. The fraction of sp³-hybridized carbons (Fsp3) is 0.435. The van der Waals surface area contributed by atoms with E-state index in [-0.39, 0.29) is 17.7 Å². The lowest BCUT2D eigenvalue weighted by molar-refractivity contribution is -0.124. The fourth-order valence-electron chi connectivity index (χ4n) is 4.28. The van der Waals surface area contributed by atoms with Crippen LogP contribution in [-0.4, -0.2) is 28.3 Å². The van der Waals surface area contributed by atoms with Crippen LogP contribution in [0.3, 0.4) is 0 Å². The molecule has 1 aliphatic carbocycles. The standard InChI is InChI=1S/C23H26N6O2/c1-15(30)28-22(2,3)18-5-4-6-19(26-18)27-20-13-17(9-11-25-20)29-12-10-23(14-24,21(29)31)16-7-8-16/h4-6,9,11,13,16H,7-8,10,12H2,1-3H3,(H,28,30)(H,25,26,27)/t23-/m1/s1. The highest BCUT2D eigenvalue weighted by Crippen LogP contribution is 2.51. The van der Waals surface area contributed by atoms with Crippen molar-refractivity contribution < 1.29 is 9.59 Å². The maximum Gasteiger partial charge on any atom is 0.247 e. The molecule has 8 heteroatoms. The van der Waals surface area contributed by atoms with Crippen molar-refractivity contribution in [1.29, 1.82) is 5.26 Å². The minimum atomic E-state index is -0.873. The van der Waals surface area contributed by atoms with Crippen LogP contribution < -0.4 is 15.5 Å². The van der Waals surface area contributed by atoms with E-state index in [9.17, 15) is 14.9 Å². The Bertz CT molecular complexity index is 1070. The summed E-state index contributed by atoms with van der Waals surface area (Å²) >= 11 is 0. The van der Waals surface area contributed by atoms with Gasteiger partial charge in [0.25, 0.3) is 0 Å². The van der Waals surface area contributed by atoms with Gasteiger partial charge in [-0.2, -0.15) is 5.26 Å². The van der Waals surface area contributed by atoms with Crippen molar-refractivity contribution in [2.75, 3.05) is 16.8 Å². The molecule has 0 unspecified atom stereocenters. The Morgan fingerprint density at radius 3 is 2.74 bits per heavy atom. The average molecular weight is 419 g/mol. The van der Waals surface area contributed by atoms with E-state index in [0.717, 1.165) is 18.5 Å². The van der Waals surface area contributed by atoms with E-state index in [1.807, 2.05) is 32.0 Å². The highest BCUT2D eigenvalue weighted by atomic mass is 16.2. The summed E-state index contributed by atoms with van der Waals surface area (Å²) < 4.78 is 0. The van der Waals surface area contributed by atoms with Crippen LogP contribution in [0.4, 0.5) is 17.3 Å². The lowest BCUT2D eigenvalue weighted by Crippen LogP contribution is -2.40. The predicted molar refractivity (Wildman–Crippen MR) is 116 cm³/mol. The molecule has 160 valence electrons. The Balaban J connectivity index is 1.54. The maximum atomic E-state index is 13.1. The Hall–Kier alpha value is -3.47. The quantitative estimate of drug-likeness (QED) is 0.745. The summed E-state index contributed by atoms with van der Waals surface area (Å²) in [6.07, 6.45) is 4.11. The van der Waals surface area contributed by atoms with Gasteiger partial charge in [-0.05, 0) is 57.2 Å². The highest BCUT2D eigenvalue weighted by Gasteiger charge is 2.56. The second-order valence-electron chi connectivity index (χ2n) is 8.80. The SMILES string of the molecule is CC(=O)NC(C)(C)c1cccc(Nc2cc(N3CC[C@@](C#N)(C4CC4)C3=O)ccn2)n1. The van der Waals surface area contributed by atoms with Gasteiger partial charge >= 0.3 is 0 Å². The minimum absolute atomic E-state index is 0.105. The molecule has 0 spiro atoms. The summed E-state index contributed by atoms with van der Waals surface area (Å²) in [4.78, 5) is 35.2. The molecule has 2 amide bonds. The van der Waals surface area contributed by atoms with Crippen molar-refractivity contribution in [1.82, 2.24) is 15.3 Å². The Kier molecular flexibility index (Phi) is 5.13. The normalized spacial score (nSPS) is 21.0. The molecule has 3 heterocycles. The number of carbonyl (C=O) groups is 2. The molecule has 1 atom stereocenters. The third kappa shape index (κ3) is 3.96. The number of nitriles is 1. The van der Waals surface area contributed by atoms with E-state index in [1.54, 1.807) is 23.2 Å². The topological polar surface area (TPSA) is 111 Å². The molecule has 8 nitrogen and oxygen atoms in total. The summed E-state index contributed by atoms with van der Waals surface area (Å²) in [5, 5.41) is 15.8. The number of amides is 2. The average Bonchev–Trinajstić information content (AvgIpc) is 3.52. The third-order valence-corrected chi connectivity index (χ3v) is 6.02. The molecule has 2 aromatic heterocycles. The number of hydrogen-bond acceptors (Lipinski definition) is 6. The van der Waals surface area contributed by atoms with Crippen LogP contribution >= 0.6 is 0 Å². The Morgan fingerprint density at radius 1 is 1.29 bits per heavy atom. The molecule has 1 saturated heterocycles. The number of hydrogen-bond donors (Lipinski definition) is 2. The van der Waals surface area contributed by atoms with E-state index < -0.39 is 11.0 Å². The van der Waals surface area contributed by atoms with Gasteiger partial charge in [0.1, 0.15) is 17.1 Å². The second kappa shape index (κ2) is 7.65. The van der Waals surface area contributed by atoms with Gasteiger partial charge in [0.05, 0.1) is 17.3 Å². The second-order valence-corrected chi connectivity index (χ2v) is 8.80. The maximum absolute atomic E-state index is 13.1. The highest BCUT2D eigenvalue weighted by molar-refractivity contribution is 6.02. The van der Waals surface area contributed by atoms with Gasteiger partial charge in [-0.15, -0.1) is 0 Å². The van der Waals surface area contributed by atoms with Crippen LogP contribution in [0, 0.1) is 22.7 Å². The molecule has 2 N–H and O–H groups in total. The van der Waals surface area contributed by atoms with Crippen molar-refractivity contribution in [3.05, 3.63) is 42.2 Å². The van der Waals surface area contributed by atoms with Crippen molar-refractivity contribution in [2.24, 2.45) is 11.3 Å². The van der Waals surface area contributed by atoms with Gasteiger partial charge in [-0.25, -0.2) is 9.97 Å². The number of aromatic nitrogens is 2. The van der Waals surface area contributed by atoms with Crippen molar-refractivity contribution in [2.45, 2.75) is 45.6 Å². The number of nitrogens with one attached hydrogen (secondary N) is 2. The first-order valence-electron chi connectivity index (χ1n) is 10.5. The van der Waals surface area contributed by atoms with Gasteiger partial charge in [-0.3, -0.25) is 9.59 Å². The largest absolute Gasteiger partial charge is 0.346 e. The summed E-state index contributed by atoms with van der Waals surface area (Å²) in [5.74, 6) is 1.08. The zero-order valence-electron chi connectivity index (χ0n) is 18.0. The molecule has 2 aliphatic rings. The molecule has 2 fully saturated rings. The molecule has 31 heavy (non-hydrogen) atoms. The lowest BCUT2D eigenvalue weighted by Gasteiger charge is -2.25. The molecule has 4 rings (SSSR count). The first-order valence-corrected chi connectivity index (χ1v) is 10.5. The van der Waals surface area contributed by atoms with Crippen molar-refractivity contribution in [3.63, 3.8) is 0 Å².